The summed E-state index contributed by atoms with van der Waals surface area (Å²) in [6.07, 6.45) is -0.552. The molecule has 1 N–H and O–H groups in total. The second-order valence-corrected chi connectivity index (χ2v) is 5.36. The van der Waals surface area contributed by atoms with Crippen LogP contribution < -0.4 is 10.1 Å². The molecule has 0 fully saturated rings. The average Bonchev–Trinajstić information content (AvgIpc) is 2.63. The van der Waals surface area contributed by atoms with E-state index in [2.05, 4.69) is 25.3 Å². The van der Waals surface area contributed by atoms with Gasteiger partial charge in [-0.05, 0) is 18.6 Å². The third-order valence-corrected chi connectivity index (χ3v) is 3.52. The molecule has 134 valence electrons. The van der Waals surface area contributed by atoms with Gasteiger partial charge in [-0.3, -0.25) is 4.98 Å². The van der Waals surface area contributed by atoms with Crippen molar-refractivity contribution in [3.8, 4) is 17.3 Å². The van der Waals surface area contributed by atoms with Crippen molar-refractivity contribution in [2.45, 2.75) is 13.1 Å². The van der Waals surface area contributed by atoms with Crippen LogP contribution in [0, 0.1) is 6.92 Å². The van der Waals surface area contributed by atoms with Crippen LogP contribution in [0.5, 0.6) is 5.75 Å². The Balaban J connectivity index is 2.07. The highest BCUT2D eigenvalue weighted by molar-refractivity contribution is 5.64. The molecule has 0 spiro atoms. The van der Waals surface area contributed by atoms with Crippen molar-refractivity contribution in [2.24, 2.45) is 0 Å². The van der Waals surface area contributed by atoms with Gasteiger partial charge < -0.3 is 10.1 Å². The maximum Gasteiger partial charge on any atom is 0.433 e. The lowest BCUT2D eigenvalue weighted by Crippen LogP contribution is -2.11. The predicted molar refractivity (Wildman–Crippen MR) is 89.1 cm³/mol. The number of aromatic nitrogens is 4. The first-order valence-electron chi connectivity index (χ1n) is 7.51. The number of methoxy groups -OCH3 is 1. The summed E-state index contributed by atoms with van der Waals surface area (Å²) in [5.41, 5.74) is 0.459. The zero-order valence-corrected chi connectivity index (χ0v) is 13.9. The van der Waals surface area contributed by atoms with E-state index >= 15 is 0 Å². The van der Waals surface area contributed by atoms with E-state index in [-0.39, 0.29) is 17.3 Å². The molecule has 0 saturated carbocycles. The Morgan fingerprint density at radius 1 is 1.08 bits per heavy atom. The van der Waals surface area contributed by atoms with Gasteiger partial charge in [-0.15, -0.1) is 0 Å². The first-order chi connectivity index (χ1) is 12.4. The molecule has 0 atom stereocenters. The van der Waals surface area contributed by atoms with Crippen LogP contribution in [-0.2, 0) is 6.18 Å². The Hall–Kier alpha value is -3.23. The van der Waals surface area contributed by atoms with Crippen LogP contribution in [0.4, 0.5) is 24.7 Å². The molecule has 3 rings (SSSR count). The molecule has 0 saturated heterocycles. The number of anilines is 2. The van der Waals surface area contributed by atoms with Crippen LogP contribution in [0.3, 0.4) is 0 Å². The van der Waals surface area contributed by atoms with Crippen molar-refractivity contribution < 1.29 is 17.9 Å². The summed E-state index contributed by atoms with van der Waals surface area (Å²) in [4.78, 5) is 15.5. The number of alkyl halides is 3. The minimum absolute atomic E-state index is 0.00988. The molecule has 6 nitrogen and oxygen atoms in total. The molecule has 0 unspecified atom stereocenters. The molecule has 0 radical (unpaired) electrons. The maximum absolute atomic E-state index is 13.2. The number of ether oxygens (including phenoxy) is 1. The van der Waals surface area contributed by atoms with Crippen molar-refractivity contribution in [1.29, 1.82) is 0 Å². The average molecular weight is 361 g/mol. The lowest BCUT2D eigenvalue weighted by Gasteiger charge is -2.13. The largest absolute Gasteiger partial charge is 0.497 e. The molecule has 2 heterocycles. The van der Waals surface area contributed by atoms with Gasteiger partial charge in [0.2, 0.25) is 0 Å². The van der Waals surface area contributed by atoms with Crippen molar-refractivity contribution in [1.82, 2.24) is 19.9 Å². The quantitative estimate of drug-likeness (QED) is 0.757. The van der Waals surface area contributed by atoms with E-state index in [9.17, 15) is 13.2 Å². The minimum atomic E-state index is -4.63. The molecule has 0 bridgehead atoms. The molecule has 3 aromatic rings. The van der Waals surface area contributed by atoms with Crippen LogP contribution >= 0.6 is 0 Å². The minimum Gasteiger partial charge on any atom is -0.497 e. The summed E-state index contributed by atoms with van der Waals surface area (Å²) in [7, 11) is 1.51. The standard InChI is InChI=1S/C17H14F3N5O/c1-10-3-4-11(26-2)7-12(10)23-15-8-14(17(18,19)20)24-16(25-15)13-9-21-5-6-22-13/h3-9H,1-2H3,(H,23,24,25). The fourth-order valence-electron chi connectivity index (χ4n) is 2.19. The van der Waals surface area contributed by atoms with Gasteiger partial charge in [0.1, 0.15) is 17.3 Å². The Bertz CT molecular complexity index is 916. The number of hydrogen-bond acceptors (Lipinski definition) is 6. The van der Waals surface area contributed by atoms with Gasteiger partial charge >= 0.3 is 6.18 Å². The van der Waals surface area contributed by atoms with Gasteiger partial charge in [0, 0.05) is 30.2 Å². The lowest BCUT2D eigenvalue weighted by atomic mass is 10.2. The van der Waals surface area contributed by atoms with E-state index in [1.807, 2.05) is 6.92 Å². The van der Waals surface area contributed by atoms with Gasteiger partial charge in [-0.25, -0.2) is 15.0 Å². The number of halogens is 3. The van der Waals surface area contributed by atoms with E-state index in [0.29, 0.717) is 11.4 Å². The summed E-state index contributed by atoms with van der Waals surface area (Å²) in [5, 5.41) is 2.89. The van der Waals surface area contributed by atoms with Crippen LogP contribution in [0.25, 0.3) is 11.5 Å². The Morgan fingerprint density at radius 3 is 2.54 bits per heavy atom. The fraction of sp³-hybridized carbons (Fsp3) is 0.176. The van der Waals surface area contributed by atoms with Crippen molar-refractivity contribution >= 4 is 11.5 Å². The zero-order valence-electron chi connectivity index (χ0n) is 13.9. The molecule has 0 aliphatic heterocycles. The van der Waals surface area contributed by atoms with Crippen molar-refractivity contribution in [3.63, 3.8) is 0 Å². The normalized spacial score (nSPS) is 11.3. The van der Waals surface area contributed by atoms with Crippen molar-refractivity contribution in [2.75, 3.05) is 12.4 Å². The molecule has 0 aliphatic rings. The summed E-state index contributed by atoms with van der Waals surface area (Å²) < 4.78 is 44.8. The zero-order chi connectivity index (χ0) is 18.7. The molecule has 0 aliphatic carbocycles. The topological polar surface area (TPSA) is 72.8 Å². The molecule has 26 heavy (non-hydrogen) atoms. The SMILES string of the molecule is COc1ccc(C)c(Nc2cc(C(F)(F)F)nc(-c3cnccn3)n2)c1. The molecule has 0 amide bonds. The first kappa shape index (κ1) is 17.6. The van der Waals surface area contributed by atoms with Crippen molar-refractivity contribution in [3.05, 3.63) is 54.1 Å². The molecule has 1 aromatic carbocycles. The lowest BCUT2D eigenvalue weighted by molar-refractivity contribution is -0.141. The van der Waals surface area contributed by atoms with E-state index in [0.717, 1.165) is 11.6 Å². The van der Waals surface area contributed by atoms with Crippen LogP contribution in [0.2, 0.25) is 0 Å². The Morgan fingerprint density at radius 2 is 1.88 bits per heavy atom. The summed E-state index contributed by atoms with van der Waals surface area (Å²) in [6.45, 7) is 1.82. The summed E-state index contributed by atoms with van der Waals surface area (Å²) in [6, 6.07) is 6.06. The molecule has 9 heteroatoms. The number of rotatable bonds is 4. The molecular formula is C17H14F3N5O. The monoisotopic (exact) mass is 361 g/mol. The summed E-state index contributed by atoms with van der Waals surface area (Å²) in [5.74, 6) is 0.387. The number of hydrogen-bond donors (Lipinski definition) is 1. The summed E-state index contributed by atoms with van der Waals surface area (Å²) >= 11 is 0. The van der Waals surface area contributed by atoms with Crippen LogP contribution in [-0.4, -0.2) is 27.0 Å². The van der Waals surface area contributed by atoms with Crippen LogP contribution in [0.15, 0.2) is 42.9 Å². The highest BCUT2D eigenvalue weighted by atomic mass is 19.4. The number of nitrogens with zero attached hydrogens (tertiary/aromatic N) is 4. The maximum atomic E-state index is 13.2. The van der Waals surface area contributed by atoms with E-state index in [4.69, 9.17) is 4.74 Å². The smallest absolute Gasteiger partial charge is 0.433 e. The highest BCUT2D eigenvalue weighted by Gasteiger charge is 2.34. The van der Waals surface area contributed by atoms with Gasteiger partial charge in [-0.1, -0.05) is 6.07 Å². The Kier molecular flexibility index (Phi) is 4.70. The van der Waals surface area contributed by atoms with Gasteiger partial charge in [-0.2, -0.15) is 13.2 Å². The second kappa shape index (κ2) is 6.95. The van der Waals surface area contributed by atoms with Gasteiger partial charge in [0.05, 0.1) is 13.3 Å². The van der Waals surface area contributed by atoms with Gasteiger partial charge in [0.15, 0.2) is 11.5 Å². The third-order valence-electron chi connectivity index (χ3n) is 3.52. The fourth-order valence-corrected chi connectivity index (χ4v) is 2.19. The highest BCUT2D eigenvalue weighted by Crippen LogP contribution is 2.32. The second-order valence-electron chi connectivity index (χ2n) is 5.36. The third kappa shape index (κ3) is 3.88. The van der Waals surface area contributed by atoms with Crippen LogP contribution in [0.1, 0.15) is 11.3 Å². The predicted octanol–water partition coefficient (Wildman–Crippen LogP) is 4.01. The van der Waals surface area contributed by atoms with E-state index in [1.165, 1.54) is 25.7 Å². The Labute approximate surface area is 147 Å². The molecular weight excluding hydrogens is 347 g/mol. The molecule has 2 aromatic heterocycles. The number of nitrogens with one attached hydrogen (secondary N) is 1. The van der Waals surface area contributed by atoms with Gasteiger partial charge in [0.25, 0.3) is 0 Å². The van der Waals surface area contributed by atoms with E-state index in [1.54, 1.807) is 18.2 Å². The first-order valence-corrected chi connectivity index (χ1v) is 7.51. The van der Waals surface area contributed by atoms with E-state index < -0.39 is 11.9 Å². The number of aryl methyl sites for hydroxylation is 1. The number of benzene rings is 1.